The molecule has 1 aliphatic heterocycles. The van der Waals surface area contributed by atoms with E-state index in [-0.39, 0.29) is 13.1 Å². The molecule has 1 aromatic carbocycles. The maximum Gasteiger partial charge on any atom is 0.245 e. The topological polar surface area (TPSA) is 52.9 Å². The zero-order chi connectivity index (χ0) is 14.7. The number of ether oxygens (including phenoxy) is 1. The molecule has 0 saturated carbocycles. The van der Waals surface area contributed by atoms with Gasteiger partial charge in [-0.1, -0.05) is 12.1 Å². The summed E-state index contributed by atoms with van der Waals surface area (Å²) in [5.74, 6) is -0.519. The van der Waals surface area contributed by atoms with E-state index in [1.165, 1.54) is 0 Å². The van der Waals surface area contributed by atoms with E-state index >= 15 is 0 Å². The van der Waals surface area contributed by atoms with Gasteiger partial charge in [0.05, 0.1) is 25.2 Å². The van der Waals surface area contributed by atoms with Gasteiger partial charge in [0.2, 0.25) is 6.43 Å². The van der Waals surface area contributed by atoms with Crippen LogP contribution in [0.1, 0.15) is 5.56 Å². The first-order valence-corrected chi connectivity index (χ1v) is 6.51. The zero-order valence-electron chi connectivity index (χ0n) is 11.2. The number of hydrogen-bond donors (Lipinski definition) is 2. The van der Waals surface area contributed by atoms with Crippen molar-refractivity contribution in [1.82, 2.24) is 4.90 Å². The number of aliphatic hydroxyl groups is 2. The summed E-state index contributed by atoms with van der Waals surface area (Å²) in [5.41, 5.74) is 0.918. The Morgan fingerprint density at radius 3 is 2.75 bits per heavy atom. The van der Waals surface area contributed by atoms with Crippen LogP contribution in [-0.4, -0.2) is 53.9 Å². The Labute approximate surface area is 116 Å². The molecule has 3 atom stereocenters. The van der Waals surface area contributed by atoms with E-state index in [1.807, 2.05) is 18.2 Å². The van der Waals surface area contributed by atoms with Crippen LogP contribution in [0.15, 0.2) is 24.3 Å². The number of halogens is 2. The molecule has 0 amide bonds. The third kappa shape index (κ3) is 3.45. The van der Waals surface area contributed by atoms with Crippen LogP contribution >= 0.6 is 0 Å². The molecule has 0 spiro atoms. The van der Waals surface area contributed by atoms with Crippen LogP contribution in [-0.2, 0) is 6.54 Å². The van der Waals surface area contributed by atoms with Gasteiger partial charge in [0.1, 0.15) is 5.75 Å². The molecule has 1 fully saturated rings. The van der Waals surface area contributed by atoms with Gasteiger partial charge in [-0.15, -0.1) is 0 Å². The molecular formula is C14H19F2NO3. The van der Waals surface area contributed by atoms with Crippen molar-refractivity contribution in [3.63, 3.8) is 0 Å². The number of aliphatic hydroxyl groups excluding tert-OH is 2. The Balaban J connectivity index is 2.05. The van der Waals surface area contributed by atoms with Crippen LogP contribution in [0.5, 0.6) is 5.75 Å². The van der Waals surface area contributed by atoms with E-state index in [9.17, 15) is 19.0 Å². The average Bonchev–Trinajstić information content (AvgIpc) is 2.42. The SMILES string of the molecule is COc1cccc(CN2C[C@@H](O)[C@H](O)[C@@H](C(F)F)C2)c1. The Bertz CT molecular complexity index is 444. The van der Waals surface area contributed by atoms with Gasteiger partial charge >= 0.3 is 0 Å². The molecule has 6 heteroatoms. The second-order valence-electron chi connectivity index (χ2n) is 5.10. The highest BCUT2D eigenvalue weighted by atomic mass is 19.3. The van der Waals surface area contributed by atoms with E-state index in [0.29, 0.717) is 12.3 Å². The molecule has 1 aromatic rings. The van der Waals surface area contributed by atoms with E-state index in [0.717, 1.165) is 5.56 Å². The number of rotatable bonds is 4. The first-order chi connectivity index (χ1) is 9.51. The largest absolute Gasteiger partial charge is 0.497 e. The van der Waals surface area contributed by atoms with E-state index in [1.54, 1.807) is 18.1 Å². The molecule has 1 heterocycles. The fraction of sp³-hybridized carbons (Fsp3) is 0.571. The molecule has 2 rings (SSSR count). The normalized spacial score (nSPS) is 27.8. The van der Waals surface area contributed by atoms with E-state index in [4.69, 9.17) is 4.74 Å². The van der Waals surface area contributed by atoms with Crippen molar-refractivity contribution in [1.29, 1.82) is 0 Å². The van der Waals surface area contributed by atoms with Crippen molar-refractivity contribution >= 4 is 0 Å². The van der Waals surface area contributed by atoms with Gasteiger partial charge in [0.15, 0.2) is 0 Å². The smallest absolute Gasteiger partial charge is 0.245 e. The van der Waals surface area contributed by atoms with Crippen LogP contribution in [0.4, 0.5) is 8.78 Å². The molecule has 0 aliphatic carbocycles. The highest BCUT2D eigenvalue weighted by Crippen LogP contribution is 2.25. The van der Waals surface area contributed by atoms with Gasteiger partial charge in [-0.25, -0.2) is 8.78 Å². The number of nitrogens with zero attached hydrogens (tertiary/aromatic N) is 1. The van der Waals surface area contributed by atoms with Crippen molar-refractivity contribution < 1.29 is 23.7 Å². The van der Waals surface area contributed by atoms with Gasteiger partial charge in [-0.3, -0.25) is 4.90 Å². The minimum absolute atomic E-state index is 0.0626. The molecule has 0 unspecified atom stereocenters. The molecule has 0 radical (unpaired) electrons. The van der Waals surface area contributed by atoms with E-state index < -0.39 is 24.6 Å². The van der Waals surface area contributed by atoms with Gasteiger partial charge in [-0.2, -0.15) is 0 Å². The lowest BCUT2D eigenvalue weighted by molar-refractivity contribution is -0.118. The van der Waals surface area contributed by atoms with Crippen LogP contribution in [0.25, 0.3) is 0 Å². The van der Waals surface area contributed by atoms with Crippen molar-refractivity contribution in [3.05, 3.63) is 29.8 Å². The third-order valence-electron chi connectivity index (χ3n) is 3.61. The number of likely N-dealkylation sites (tertiary alicyclic amines) is 1. The van der Waals surface area contributed by atoms with Crippen molar-refractivity contribution in [2.45, 2.75) is 25.2 Å². The summed E-state index contributed by atoms with van der Waals surface area (Å²) in [5, 5.41) is 19.3. The van der Waals surface area contributed by atoms with Gasteiger partial charge in [0.25, 0.3) is 0 Å². The lowest BCUT2D eigenvalue weighted by Crippen LogP contribution is -2.54. The molecule has 2 N–H and O–H groups in total. The predicted molar refractivity (Wildman–Crippen MR) is 69.8 cm³/mol. The Morgan fingerprint density at radius 1 is 1.35 bits per heavy atom. The molecule has 0 bridgehead atoms. The lowest BCUT2D eigenvalue weighted by Gasteiger charge is -2.38. The summed E-state index contributed by atoms with van der Waals surface area (Å²) in [7, 11) is 1.56. The zero-order valence-corrected chi connectivity index (χ0v) is 11.2. The molecule has 1 aliphatic rings. The van der Waals surface area contributed by atoms with Crippen LogP contribution in [0.3, 0.4) is 0 Å². The Morgan fingerprint density at radius 2 is 2.10 bits per heavy atom. The maximum absolute atomic E-state index is 12.9. The second-order valence-corrected chi connectivity index (χ2v) is 5.10. The number of hydrogen-bond acceptors (Lipinski definition) is 4. The van der Waals surface area contributed by atoms with Crippen LogP contribution < -0.4 is 4.74 Å². The van der Waals surface area contributed by atoms with Crippen molar-refractivity contribution in [2.24, 2.45) is 5.92 Å². The molecular weight excluding hydrogens is 268 g/mol. The van der Waals surface area contributed by atoms with Crippen LogP contribution in [0, 0.1) is 5.92 Å². The van der Waals surface area contributed by atoms with E-state index in [2.05, 4.69) is 0 Å². The summed E-state index contributed by atoms with van der Waals surface area (Å²) in [6.45, 7) is 0.679. The first kappa shape index (κ1) is 15.2. The Hall–Kier alpha value is -1.24. The summed E-state index contributed by atoms with van der Waals surface area (Å²) < 4.78 is 30.8. The standard InChI is InChI=1S/C14H19F2NO3/c1-20-10-4-2-3-9(5-10)6-17-7-11(14(15)16)13(19)12(18)8-17/h2-5,11-14,18-19H,6-8H2,1H3/t11-,12+,13+/m0/s1. The monoisotopic (exact) mass is 287 g/mol. The fourth-order valence-electron chi connectivity index (χ4n) is 2.53. The van der Waals surface area contributed by atoms with Crippen molar-refractivity contribution in [2.75, 3.05) is 20.2 Å². The summed E-state index contributed by atoms with van der Waals surface area (Å²) in [6, 6.07) is 7.33. The summed E-state index contributed by atoms with van der Waals surface area (Å²) >= 11 is 0. The number of alkyl halides is 2. The lowest BCUT2D eigenvalue weighted by atomic mass is 9.92. The number of benzene rings is 1. The molecule has 1 saturated heterocycles. The number of piperidine rings is 1. The first-order valence-electron chi connectivity index (χ1n) is 6.51. The number of methoxy groups -OCH3 is 1. The minimum atomic E-state index is -2.65. The second kappa shape index (κ2) is 6.47. The Kier molecular flexibility index (Phi) is 4.91. The summed E-state index contributed by atoms with van der Waals surface area (Å²) in [6.07, 6.45) is -5.15. The number of β-amino-alcohol motifs (C(OH)–C–C–N with tert-alkyl or cyclic N) is 1. The molecule has 20 heavy (non-hydrogen) atoms. The van der Waals surface area contributed by atoms with Crippen molar-refractivity contribution in [3.8, 4) is 5.75 Å². The highest BCUT2D eigenvalue weighted by molar-refractivity contribution is 5.28. The molecule has 4 nitrogen and oxygen atoms in total. The minimum Gasteiger partial charge on any atom is -0.497 e. The maximum atomic E-state index is 12.9. The van der Waals surface area contributed by atoms with Gasteiger partial charge in [-0.05, 0) is 17.7 Å². The molecule has 112 valence electrons. The highest BCUT2D eigenvalue weighted by Gasteiger charge is 2.39. The average molecular weight is 287 g/mol. The predicted octanol–water partition coefficient (Wildman–Crippen LogP) is 1.11. The third-order valence-corrected chi connectivity index (χ3v) is 3.61. The fourth-order valence-corrected chi connectivity index (χ4v) is 2.53. The van der Waals surface area contributed by atoms with Gasteiger partial charge in [0, 0.05) is 19.6 Å². The summed E-state index contributed by atoms with van der Waals surface area (Å²) in [4.78, 5) is 1.73. The molecule has 0 aromatic heterocycles. The van der Waals surface area contributed by atoms with Gasteiger partial charge < -0.3 is 14.9 Å². The van der Waals surface area contributed by atoms with Crippen LogP contribution in [0.2, 0.25) is 0 Å². The quantitative estimate of drug-likeness (QED) is 0.871.